The highest BCUT2D eigenvalue weighted by Crippen LogP contribution is 2.26. The second-order valence-corrected chi connectivity index (χ2v) is 6.12. The number of carbonyl (C=O) groups is 1. The van der Waals surface area contributed by atoms with E-state index in [1.165, 1.54) is 12.7 Å². The van der Waals surface area contributed by atoms with E-state index < -0.39 is 0 Å². The highest BCUT2D eigenvalue weighted by atomic mass is 16.6. The van der Waals surface area contributed by atoms with Crippen molar-refractivity contribution in [2.75, 3.05) is 6.61 Å². The van der Waals surface area contributed by atoms with Crippen LogP contribution in [0.15, 0.2) is 12.8 Å². The van der Waals surface area contributed by atoms with E-state index >= 15 is 0 Å². The van der Waals surface area contributed by atoms with Gasteiger partial charge in [-0.3, -0.25) is 4.79 Å². The first-order valence-electron chi connectivity index (χ1n) is 6.88. The van der Waals surface area contributed by atoms with Gasteiger partial charge in [0, 0.05) is 5.41 Å². The lowest BCUT2D eigenvalue weighted by molar-refractivity contribution is -0.155. The minimum absolute atomic E-state index is 0.0587. The molecule has 0 bridgehead atoms. The Morgan fingerprint density at radius 1 is 1.33 bits per heavy atom. The van der Waals surface area contributed by atoms with Gasteiger partial charge < -0.3 is 9.47 Å². The van der Waals surface area contributed by atoms with Crippen LogP contribution in [0.5, 0.6) is 0 Å². The molecular weight excluding hydrogens is 228 g/mol. The molecule has 0 heterocycles. The summed E-state index contributed by atoms with van der Waals surface area (Å²) in [5, 5.41) is 0. The summed E-state index contributed by atoms with van der Waals surface area (Å²) in [6.45, 7) is 10.1. The van der Waals surface area contributed by atoms with Crippen molar-refractivity contribution in [1.82, 2.24) is 0 Å². The highest BCUT2D eigenvalue weighted by molar-refractivity contribution is 5.72. The van der Waals surface area contributed by atoms with Gasteiger partial charge in [-0.2, -0.15) is 0 Å². The molecule has 0 aromatic carbocycles. The SMILES string of the molecule is C=COC(COC(=O)C1CCCCC1)C(C)(C)C. The molecule has 3 heteroatoms. The van der Waals surface area contributed by atoms with E-state index in [0.29, 0.717) is 6.61 Å². The molecule has 1 unspecified atom stereocenters. The molecule has 1 fully saturated rings. The molecule has 18 heavy (non-hydrogen) atoms. The first-order valence-corrected chi connectivity index (χ1v) is 6.88. The predicted octanol–water partition coefficient (Wildman–Crippen LogP) is 3.68. The molecule has 1 aliphatic carbocycles. The maximum absolute atomic E-state index is 11.9. The molecule has 0 aliphatic heterocycles. The topological polar surface area (TPSA) is 35.5 Å². The lowest BCUT2D eigenvalue weighted by Crippen LogP contribution is -2.34. The van der Waals surface area contributed by atoms with E-state index in [1.54, 1.807) is 0 Å². The van der Waals surface area contributed by atoms with Crippen LogP contribution in [0.4, 0.5) is 0 Å². The third kappa shape index (κ3) is 4.71. The van der Waals surface area contributed by atoms with Crippen LogP contribution < -0.4 is 0 Å². The third-order valence-electron chi connectivity index (χ3n) is 3.54. The van der Waals surface area contributed by atoms with Crippen molar-refractivity contribution in [1.29, 1.82) is 0 Å². The Labute approximate surface area is 111 Å². The molecule has 0 radical (unpaired) electrons. The van der Waals surface area contributed by atoms with Gasteiger partial charge in [0.2, 0.25) is 0 Å². The summed E-state index contributed by atoms with van der Waals surface area (Å²) >= 11 is 0. The Morgan fingerprint density at radius 3 is 2.44 bits per heavy atom. The zero-order valence-electron chi connectivity index (χ0n) is 11.9. The lowest BCUT2D eigenvalue weighted by atomic mass is 9.88. The van der Waals surface area contributed by atoms with E-state index in [0.717, 1.165) is 25.7 Å². The number of carbonyl (C=O) groups excluding carboxylic acids is 1. The van der Waals surface area contributed by atoms with E-state index in [4.69, 9.17) is 9.47 Å². The summed E-state index contributed by atoms with van der Waals surface area (Å²) in [6.07, 6.45) is 6.76. The fourth-order valence-electron chi connectivity index (χ4n) is 2.22. The van der Waals surface area contributed by atoms with Gasteiger partial charge in [0.15, 0.2) is 0 Å². The number of esters is 1. The van der Waals surface area contributed by atoms with Gasteiger partial charge in [0.1, 0.15) is 12.7 Å². The Morgan fingerprint density at radius 2 is 1.94 bits per heavy atom. The van der Waals surface area contributed by atoms with E-state index in [-0.39, 0.29) is 23.4 Å². The van der Waals surface area contributed by atoms with E-state index in [2.05, 4.69) is 27.4 Å². The van der Waals surface area contributed by atoms with Gasteiger partial charge in [-0.1, -0.05) is 46.6 Å². The summed E-state index contributed by atoms with van der Waals surface area (Å²) in [5.41, 5.74) is -0.0684. The highest BCUT2D eigenvalue weighted by Gasteiger charge is 2.29. The van der Waals surface area contributed by atoms with Gasteiger partial charge in [0.25, 0.3) is 0 Å². The maximum atomic E-state index is 11.9. The summed E-state index contributed by atoms with van der Waals surface area (Å²) in [7, 11) is 0. The fourth-order valence-corrected chi connectivity index (χ4v) is 2.22. The Kier molecular flexibility index (Phi) is 5.70. The second-order valence-electron chi connectivity index (χ2n) is 6.12. The molecule has 0 aromatic rings. The average Bonchev–Trinajstić information content (AvgIpc) is 2.33. The molecule has 1 atom stereocenters. The number of rotatable bonds is 5. The molecular formula is C15H26O3. The molecule has 0 saturated heterocycles. The third-order valence-corrected chi connectivity index (χ3v) is 3.54. The number of hydrogen-bond donors (Lipinski definition) is 0. The van der Waals surface area contributed by atoms with Gasteiger partial charge in [-0.25, -0.2) is 0 Å². The van der Waals surface area contributed by atoms with Crippen molar-refractivity contribution in [2.24, 2.45) is 11.3 Å². The Hall–Kier alpha value is -0.990. The van der Waals surface area contributed by atoms with Crippen molar-refractivity contribution in [2.45, 2.75) is 59.0 Å². The fraction of sp³-hybridized carbons (Fsp3) is 0.800. The van der Waals surface area contributed by atoms with Crippen molar-refractivity contribution < 1.29 is 14.3 Å². The van der Waals surface area contributed by atoms with Crippen LogP contribution in [0.2, 0.25) is 0 Å². The van der Waals surface area contributed by atoms with Crippen LogP contribution in [0, 0.1) is 11.3 Å². The van der Waals surface area contributed by atoms with Crippen LogP contribution in [-0.4, -0.2) is 18.7 Å². The Balaban J connectivity index is 2.41. The summed E-state index contributed by atoms with van der Waals surface area (Å²) in [5.74, 6) is 0.0414. The molecule has 104 valence electrons. The lowest BCUT2D eigenvalue weighted by Gasteiger charge is -2.30. The minimum atomic E-state index is -0.137. The molecule has 1 saturated carbocycles. The molecule has 1 rings (SSSR count). The summed E-state index contributed by atoms with van der Waals surface area (Å²) < 4.78 is 10.8. The quantitative estimate of drug-likeness (QED) is 0.554. The predicted molar refractivity (Wildman–Crippen MR) is 72.1 cm³/mol. The Bertz CT molecular complexity index is 272. The molecule has 0 aromatic heterocycles. The summed E-state index contributed by atoms with van der Waals surface area (Å²) in [6, 6.07) is 0. The first-order chi connectivity index (χ1) is 8.45. The zero-order valence-corrected chi connectivity index (χ0v) is 11.9. The number of hydrogen-bond acceptors (Lipinski definition) is 3. The standard InChI is InChI=1S/C15H26O3/c1-5-17-13(15(2,3)4)11-18-14(16)12-9-7-6-8-10-12/h5,12-13H,1,6-11H2,2-4H3. The number of ether oxygens (including phenoxy) is 2. The molecule has 0 spiro atoms. The maximum Gasteiger partial charge on any atom is 0.309 e. The largest absolute Gasteiger partial charge is 0.495 e. The van der Waals surface area contributed by atoms with Gasteiger partial charge in [-0.15, -0.1) is 0 Å². The molecule has 1 aliphatic rings. The van der Waals surface area contributed by atoms with Crippen molar-refractivity contribution in [3.05, 3.63) is 12.8 Å². The van der Waals surface area contributed by atoms with Crippen LogP contribution in [-0.2, 0) is 14.3 Å². The van der Waals surface area contributed by atoms with Crippen molar-refractivity contribution in [3.8, 4) is 0 Å². The minimum Gasteiger partial charge on any atom is -0.495 e. The smallest absolute Gasteiger partial charge is 0.309 e. The normalized spacial score (nSPS) is 19.1. The van der Waals surface area contributed by atoms with Crippen LogP contribution in [0.1, 0.15) is 52.9 Å². The monoisotopic (exact) mass is 254 g/mol. The van der Waals surface area contributed by atoms with Crippen LogP contribution >= 0.6 is 0 Å². The van der Waals surface area contributed by atoms with Gasteiger partial charge >= 0.3 is 5.97 Å². The van der Waals surface area contributed by atoms with Crippen molar-refractivity contribution >= 4 is 5.97 Å². The zero-order chi connectivity index (χ0) is 13.6. The second kappa shape index (κ2) is 6.81. The molecule has 0 amide bonds. The van der Waals surface area contributed by atoms with Crippen LogP contribution in [0.25, 0.3) is 0 Å². The van der Waals surface area contributed by atoms with Gasteiger partial charge in [0.05, 0.1) is 12.2 Å². The van der Waals surface area contributed by atoms with Crippen molar-refractivity contribution in [3.63, 3.8) is 0 Å². The van der Waals surface area contributed by atoms with E-state index in [9.17, 15) is 4.79 Å². The molecule has 0 N–H and O–H groups in total. The van der Waals surface area contributed by atoms with Crippen LogP contribution in [0.3, 0.4) is 0 Å². The molecule has 3 nitrogen and oxygen atoms in total. The first kappa shape index (κ1) is 15.1. The van der Waals surface area contributed by atoms with Gasteiger partial charge in [-0.05, 0) is 12.8 Å². The average molecular weight is 254 g/mol. The summed E-state index contributed by atoms with van der Waals surface area (Å²) in [4.78, 5) is 11.9. The van der Waals surface area contributed by atoms with E-state index in [1.807, 2.05) is 0 Å².